The summed E-state index contributed by atoms with van der Waals surface area (Å²) in [6.45, 7) is 1.07. The van der Waals surface area contributed by atoms with Gasteiger partial charge in [-0.05, 0) is 55.0 Å². The molecule has 3 rings (SSSR count). The summed E-state index contributed by atoms with van der Waals surface area (Å²) in [5, 5.41) is 18.0. The molecule has 8 nitrogen and oxygen atoms in total. The topological polar surface area (TPSA) is 129 Å². The first-order valence-corrected chi connectivity index (χ1v) is 11.1. The third-order valence-corrected chi connectivity index (χ3v) is 5.57. The monoisotopic (exact) mass is 475 g/mol. The molecule has 1 atom stereocenters. The molecule has 0 spiro atoms. The van der Waals surface area contributed by atoms with Crippen LogP contribution in [0.15, 0.2) is 53.4 Å². The molecule has 12 heteroatoms. The number of hydrogen-bond acceptors (Lipinski definition) is 7. The first-order chi connectivity index (χ1) is 15.4. The highest BCUT2D eigenvalue weighted by Crippen LogP contribution is 2.35. The summed E-state index contributed by atoms with van der Waals surface area (Å²) in [6, 6.07) is 13.2. The maximum absolute atomic E-state index is 13.4. The standard InChI is InChI=1S/C21H16F3N5O3S/c1-12-17(19(30)27-14-4-3-5-16(10-14)33(2,26)31)20(29-28-18(12)21(22,23)24)32-15-8-6-13(11-25)7-9-15/h3-10,26H,1-2H3,(H,27,30). The van der Waals surface area contributed by atoms with Crippen molar-refractivity contribution in [2.24, 2.45) is 0 Å². The average Bonchev–Trinajstić information content (AvgIpc) is 2.73. The fourth-order valence-corrected chi connectivity index (χ4v) is 3.52. The molecule has 0 aliphatic carbocycles. The molecule has 1 heterocycles. The van der Waals surface area contributed by atoms with E-state index < -0.39 is 44.5 Å². The molecule has 0 saturated carbocycles. The molecule has 0 aliphatic heterocycles. The number of nitriles is 1. The summed E-state index contributed by atoms with van der Waals surface area (Å²) in [4.78, 5) is 13.1. The second-order valence-electron chi connectivity index (χ2n) is 6.92. The van der Waals surface area contributed by atoms with Crippen molar-refractivity contribution in [1.82, 2.24) is 10.2 Å². The van der Waals surface area contributed by atoms with Gasteiger partial charge in [-0.1, -0.05) is 6.07 Å². The number of nitrogens with zero attached hydrogens (tertiary/aromatic N) is 3. The van der Waals surface area contributed by atoms with Crippen LogP contribution in [-0.4, -0.2) is 26.6 Å². The number of aromatic nitrogens is 2. The number of anilines is 1. The van der Waals surface area contributed by atoms with Gasteiger partial charge in [0.1, 0.15) is 11.3 Å². The van der Waals surface area contributed by atoms with Crippen LogP contribution in [0.1, 0.15) is 27.2 Å². The summed E-state index contributed by atoms with van der Waals surface area (Å²) in [6.07, 6.45) is -3.66. The van der Waals surface area contributed by atoms with Crippen LogP contribution in [0.3, 0.4) is 0 Å². The smallest absolute Gasteiger partial charge is 0.435 e. The van der Waals surface area contributed by atoms with Crippen LogP contribution >= 0.6 is 0 Å². The second kappa shape index (κ2) is 8.87. The number of carbonyl (C=O) groups is 1. The first kappa shape index (κ1) is 23.7. The van der Waals surface area contributed by atoms with Crippen LogP contribution in [0.5, 0.6) is 11.6 Å². The highest BCUT2D eigenvalue weighted by atomic mass is 32.2. The Morgan fingerprint density at radius 2 is 1.85 bits per heavy atom. The van der Waals surface area contributed by atoms with Crippen molar-refractivity contribution in [2.45, 2.75) is 18.0 Å². The summed E-state index contributed by atoms with van der Waals surface area (Å²) in [5.74, 6) is -1.32. The summed E-state index contributed by atoms with van der Waals surface area (Å²) in [5.41, 5.74) is -1.91. The number of nitrogens with one attached hydrogen (secondary N) is 2. The van der Waals surface area contributed by atoms with E-state index in [9.17, 15) is 22.2 Å². The molecule has 33 heavy (non-hydrogen) atoms. The number of rotatable bonds is 5. The maximum Gasteiger partial charge on any atom is 0.435 e. The van der Waals surface area contributed by atoms with Gasteiger partial charge in [-0.25, -0.2) is 8.99 Å². The Balaban J connectivity index is 2.05. The fourth-order valence-electron chi connectivity index (χ4n) is 2.83. The molecule has 1 amide bonds. The summed E-state index contributed by atoms with van der Waals surface area (Å²) >= 11 is 0. The van der Waals surface area contributed by atoms with Crippen LogP contribution in [0.4, 0.5) is 18.9 Å². The minimum atomic E-state index is -4.86. The van der Waals surface area contributed by atoms with Crippen molar-refractivity contribution >= 4 is 21.3 Å². The predicted molar refractivity (Wildman–Crippen MR) is 112 cm³/mol. The molecule has 170 valence electrons. The van der Waals surface area contributed by atoms with Gasteiger partial charge in [-0.15, -0.1) is 10.2 Å². The zero-order valence-electron chi connectivity index (χ0n) is 17.2. The zero-order chi connectivity index (χ0) is 24.4. The SMILES string of the molecule is Cc1c(C(F)(F)F)nnc(Oc2ccc(C#N)cc2)c1C(=O)Nc1cccc(S(C)(=N)=O)c1. The van der Waals surface area contributed by atoms with Gasteiger partial charge in [0.05, 0.1) is 21.4 Å². The number of hydrogen-bond donors (Lipinski definition) is 2. The van der Waals surface area contributed by atoms with E-state index in [1.165, 1.54) is 54.8 Å². The van der Waals surface area contributed by atoms with Gasteiger partial charge >= 0.3 is 6.18 Å². The largest absolute Gasteiger partial charge is 0.437 e. The maximum atomic E-state index is 13.4. The zero-order valence-corrected chi connectivity index (χ0v) is 18.0. The van der Waals surface area contributed by atoms with Gasteiger partial charge < -0.3 is 10.1 Å². The summed E-state index contributed by atoms with van der Waals surface area (Å²) in [7, 11) is -3.08. The minimum absolute atomic E-state index is 0.119. The van der Waals surface area contributed by atoms with E-state index in [0.717, 1.165) is 6.92 Å². The third kappa shape index (κ3) is 5.45. The molecule has 0 saturated heterocycles. The average molecular weight is 475 g/mol. The number of halogens is 3. The lowest BCUT2D eigenvalue weighted by Crippen LogP contribution is -2.21. The van der Waals surface area contributed by atoms with Gasteiger partial charge in [0, 0.05) is 16.8 Å². The molecule has 1 unspecified atom stereocenters. The van der Waals surface area contributed by atoms with Gasteiger partial charge in [0.15, 0.2) is 5.69 Å². The molecule has 0 aliphatic rings. The van der Waals surface area contributed by atoms with Gasteiger partial charge in [-0.3, -0.25) is 4.79 Å². The van der Waals surface area contributed by atoms with Crippen LogP contribution in [-0.2, 0) is 15.9 Å². The normalized spacial score (nSPS) is 13.0. The molecule has 2 aromatic carbocycles. The number of carbonyl (C=O) groups excluding carboxylic acids is 1. The Morgan fingerprint density at radius 3 is 2.42 bits per heavy atom. The van der Waals surface area contributed by atoms with E-state index in [1.54, 1.807) is 0 Å². The van der Waals surface area contributed by atoms with Gasteiger partial charge in [-0.2, -0.15) is 18.4 Å². The van der Waals surface area contributed by atoms with E-state index >= 15 is 0 Å². The Kier molecular flexibility index (Phi) is 6.37. The van der Waals surface area contributed by atoms with Gasteiger partial charge in [0.25, 0.3) is 11.8 Å². The predicted octanol–water partition coefficient (Wildman–Crippen LogP) is 4.76. The van der Waals surface area contributed by atoms with E-state index in [4.69, 9.17) is 14.8 Å². The third-order valence-electron chi connectivity index (χ3n) is 4.42. The van der Waals surface area contributed by atoms with Crippen LogP contribution in [0.25, 0.3) is 0 Å². The Labute approximate surface area is 187 Å². The molecule has 3 aromatic rings. The van der Waals surface area contributed by atoms with Crippen molar-refractivity contribution in [1.29, 1.82) is 10.0 Å². The molecule has 2 N–H and O–H groups in total. The quantitative estimate of drug-likeness (QED) is 0.548. The molecule has 0 fully saturated rings. The van der Waals surface area contributed by atoms with Crippen LogP contribution in [0, 0.1) is 23.0 Å². The van der Waals surface area contributed by atoms with E-state index in [1.807, 2.05) is 6.07 Å². The lowest BCUT2D eigenvalue weighted by molar-refractivity contribution is -0.142. The molecular weight excluding hydrogens is 459 g/mol. The van der Waals surface area contributed by atoms with Crippen molar-refractivity contribution in [3.8, 4) is 17.7 Å². The number of benzene rings is 2. The fraction of sp³-hybridized carbons (Fsp3) is 0.143. The molecular formula is C21H16F3N5O3S. The van der Waals surface area contributed by atoms with E-state index in [-0.39, 0.29) is 16.3 Å². The molecule has 0 bridgehead atoms. The van der Waals surface area contributed by atoms with Crippen molar-refractivity contribution in [3.05, 3.63) is 70.9 Å². The number of ether oxygens (including phenoxy) is 1. The lowest BCUT2D eigenvalue weighted by atomic mass is 10.1. The number of alkyl halides is 3. The van der Waals surface area contributed by atoms with Crippen molar-refractivity contribution in [3.63, 3.8) is 0 Å². The van der Waals surface area contributed by atoms with Crippen molar-refractivity contribution in [2.75, 3.05) is 11.6 Å². The number of amides is 1. The molecule has 1 aromatic heterocycles. The Bertz CT molecular complexity index is 1370. The van der Waals surface area contributed by atoms with E-state index in [0.29, 0.717) is 5.56 Å². The van der Waals surface area contributed by atoms with Gasteiger partial charge in [0.2, 0.25) is 0 Å². The minimum Gasteiger partial charge on any atom is -0.437 e. The Morgan fingerprint density at radius 1 is 1.18 bits per heavy atom. The van der Waals surface area contributed by atoms with Crippen LogP contribution < -0.4 is 10.1 Å². The summed E-state index contributed by atoms with van der Waals surface area (Å²) < 4.78 is 65.3. The van der Waals surface area contributed by atoms with Crippen molar-refractivity contribution < 1.29 is 26.9 Å². The Hall–Kier alpha value is -3.98. The molecule has 0 radical (unpaired) electrons. The highest BCUT2D eigenvalue weighted by Gasteiger charge is 2.38. The lowest BCUT2D eigenvalue weighted by Gasteiger charge is -2.16. The first-order valence-electron chi connectivity index (χ1n) is 9.18. The van der Waals surface area contributed by atoms with Crippen LogP contribution in [0.2, 0.25) is 0 Å². The highest BCUT2D eigenvalue weighted by molar-refractivity contribution is 7.91. The van der Waals surface area contributed by atoms with E-state index in [2.05, 4.69) is 15.5 Å². The second-order valence-corrected chi connectivity index (χ2v) is 9.07.